The summed E-state index contributed by atoms with van der Waals surface area (Å²) in [5.41, 5.74) is 2.17. The molecular formula is C21H25BrO4. The molecule has 26 heavy (non-hydrogen) atoms. The highest BCUT2D eigenvalue weighted by Crippen LogP contribution is 2.39. The molecule has 4 atom stereocenters. The Balaban J connectivity index is 1.76. The molecule has 1 fully saturated rings. The Morgan fingerprint density at radius 2 is 1.96 bits per heavy atom. The fourth-order valence-corrected chi connectivity index (χ4v) is 3.93. The van der Waals surface area contributed by atoms with Gasteiger partial charge >= 0.3 is 0 Å². The van der Waals surface area contributed by atoms with Crippen molar-refractivity contribution in [3.05, 3.63) is 64.1 Å². The highest BCUT2D eigenvalue weighted by atomic mass is 79.9. The first-order valence-electron chi connectivity index (χ1n) is 8.87. The monoisotopic (exact) mass is 420 g/mol. The van der Waals surface area contributed by atoms with E-state index in [2.05, 4.69) is 28.9 Å². The molecule has 2 aromatic rings. The van der Waals surface area contributed by atoms with E-state index in [0.29, 0.717) is 6.61 Å². The van der Waals surface area contributed by atoms with E-state index in [1.807, 2.05) is 42.5 Å². The summed E-state index contributed by atoms with van der Waals surface area (Å²) in [5.74, 6) is 1.07. The minimum Gasteiger partial charge on any atom is -0.489 e. The van der Waals surface area contributed by atoms with Crippen molar-refractivity contribution in [2.24, 2.45) is 5.92 Å². The number of aliphatic hydroxyl groups is 1. The molecule has 2 aromatic carbocycles. The van der Waals surface area contributed by atoms with Crippen molar-refractivity contribution in [3.63, 3.8) is 0 Å². The molecule has 0 radical (unpaired) electrons. The number of hydrogen-bond acceptors (Lipinski definition) is 4. The molecule has 140 valence electrons. The molecule has 1 N–H and O–H groups in total. The smallest absolute Gasteiger partial charge is 0.121 e. The maximum absolute atomic E-state index is 9.62. The number of benzene rings is 2. The van der Waals surface area contributed by atoms with Crippen molar-refractivity contribution in [3.8, 4) is 5.75 Å². The van der Waals surface area contributed by atoms with Crippen molar-refractivity contribution in [1.82, 2.24) is 0 Å². The van der Waals surface area contributed by atoms with Crippen molar-refractivity contribution >= 4 is 15.9 Å². The van der Waals surface area contributed by atoms with E-state index in [1.54, 1.807) is 7.11 Å². The SMILES string of the molecule is CO[C@H]1C[C@H](C)[C@@H](c2cc(Br)cc(OCc3ccccc3)c2)O[C@@H]1CO. The summed E-state index contributed by atoms with van der Waals surface area (Å²) in [6.45, 7) is 2.62. The lowest BCUT2D eigenvalue weighted by Crippen LogP contribution is -2.42. The van der Waals surface area contributed by atoms with Crippen LogP contribution in [0.15, 0.2) is 53.0 Å². The summed E-state index contributed by atoms with van der Waals surface area (Å²) in [5, 5.41) is 9.62. The van der Waals surface area contributed by atoms with Crippen LogP contribution in [0.5, 0.6) is 5.75 Å². The van der Waals surface area contributed by atoms with Crippen molar-refractivity contribution in [2.45, 2.75) is 38.3 Å². The number of aliphatic hydroxyl groups excluding tert-OH is 1. The zero-order valence-corrected chi connectivity index (χ0v) is 16.7. The van der Waals surface area contributed by atoms with Gasteiger partial charge in [0.15, 0.2) is 0 Å². The van der Waals surface area contributed by atoms with E-state index in [9.17, 15) is 5.11 Å². The standard InChI is InChI=1S/C21H25BrO4/c1-14-8-19(24-2)20(12-23)26-21(14)16-9-17(22)11-18(10-16)25-13-15-6-4-3-5-7-15/h3-7,9-11,14,19-21,23H,8,12-13H2,1-2H3/t14-,19-,20+,21-/m0/s1. The summed E-state index contributed by atoms with van der Waals surface area (Å²) in [4.78, 5) is 0. The lowest BCUT2D eigenvalue weighted by atomic mass is 9.87. The molecule has 0 aromatic heterocycles. The van der Waals surface area contributed by atoms with Gasteiger partial charge in [0.1, 0.15) is 18.5 Å². The predicted octanol–water partition coefficient (Wildman–Crippen LogP) is 4.50. The van der Waals surface area contributed by atoms with Crippen LogP contribution in [-0.2, 0) is 16.1 Å². The maximum atomic E-state index is 9.62. The van der Waals surface area contributed by atoms with Gasteiger partial charge in [0.05, 0.1) is 18.8 Å². The van der Waals surface area contributed by atoms with E-state index in [0.717, 1.165) is 27.8 Å². The number of methoxy groups -OCH3 is 1. The highest BCUT2D eigenvalue weighted by molar-refractivity contribution is 9.10. The topological polar surface area (TPSA) is 47.9 Å². The van der Waals surface area contributed by atoms with Crippen LogP contribution in [0.25, 0.3) is 0 Å². The van der Waals surface area contributed by atoms with E-state index in [1.165, 1.54) is 0 Å². The minimum absolute atomic E-state index is 0.0485. The first kappa shape index (κ1) is 19.4. The van der Waals surface area contributed by atoms with Crippen LogP contribution in [-0.4, -0.2) is 31.0 Å². The van der Waals surface area contributed by atoms with Gasteiger partial charge in [-0.15, -0.1) is 0 Å². The molecule has 4 nitrogen and oxygen atoms in total. The second kappa shape index (κ2) is 9.00. The maximum Gasteiger partial charge on any atom is 0.121 e. The predicted molar refractivity (Wildman–Crippen MR) is 104 cm³/mol. The molecule has 0 saturated carbocycles. The Kier molecular flexibility index (Phi) is 6.70. The van der Waals surface area contributed by atoms with Crippen LogP contribution >= 0.6 is 15.9 Å². The lowest BCUT2D eigenvalue weighted by molar-refractivity contribution is -0.167. The zero-order chi connectivity index (χ0) is 18.5. The minimum atomic E-state index is -0.311. The third-order valence-corrected chi connectivity index (χ3v) is 5.27. The summed E-state index contributed by atoms with van der Waals surface area (Å²) < 4.78 is 18.5. The van der Waals surface area contributed by atoms with Gasteiger partial charge in [-0.1, -0.05) is 53.2 Å². The average molecular weight is 421 g/mol. The third kappa shape index (κ3) is 4.65. The van der Waals surface area contributed by atoms with Gasteiger partial charge in [0.2, 0.25) is 0 Å². The van der Waals surface area contributed by atoms with Crippen LogP contribution in [0, 0.1) is 5.92 Å². The molecule has 0 unspecified atom stereocenters. The van der Waals surface area contributed by atoms with Crippen molar-refractivity contribution in [2.75, 3.05) is 13.7 Å². The van der Waals surface area contributed by atoms with Crippen LogP contribution < -0.4 is 4.74 Å². The van der Waals surface area contributed by atoms with Gasteiger partial charge in [-0.25, -0.2) is 0 Å². The van der Waals surface area contributed by atoms with Gasteiger partial charge in [-0.05, 0) is 41.7 Å². The Morgan fingerprint density at radius 1 is 1.19 bits per heavy atom. The summed E-state index contributed by atoms with van der Waals surface area (Å²) in [6.07, 6.45) is 0.357. The zero-order valence-electron chi connectivity index (χ0n) is 15.1. The molecule has 1 saturated heterocycles. The fourth-order valence-electron chi connectivity index (χ4n) is 3.44. The Bertz CT molecular complexity index is 706. The van der Waals surface area contributed by atoms with Gasteiger partial charge in [0, 0.05) is 11.6 Å². The second-order valence-corrected chi connectivity index (χ2v) is 7.68. The number of rotatable bonds is 6. The molecule has 0 bridgehead atoms. The molecular weight excluding hydrogens is 396 g/mol. The summed E-state index contributed by atoms with van der Waals surface area (Å²) in [6, 6.07) is 16.1. The molecule has 0 aliphatic carbocycles. The average Bonchev–Trinajstić information content (AvgIpc) is 2.66. The van der Waals surface area contributed by atoms with Crippen LogP contribution in [0.2, 0.25) is 0 Å². The largest absolute Gasteiger partial charge is 0.489 e. The molecule has 1 heterocycles. The molecule has 0 spiro atoms. The van der Waals surface area contributed by atoms with Crippen LogP contribution in [0.1, 0.15) is 30.6 Å². The first-order chi connectivity index (χ1) is 12.6. The number of hydrogen-bond donors (Lipinski definition) is 1. The summed E-state index contributed by atoms with van der Waals surface area (Å²) in [7, 11) is 1.67. The normalized spacial score (nSPS) is 25.8. The van der Waals surface area contributed by atoms with Gasteiger partial charge < -0.3 is 19.3 Å². The first-order valence-corrected chi connectivity index (χ1v) is 9.66. The lowest BCUT2D eigenvalue weighted by Gasteiger charge is -2.39. The second-order valence-electron chi connectivity index (χ2n) is 6.76. The fraction of sp³-hybridized carbons (Fsp3) is 0.429. The van der Waals surface area contributed by atoms with Gasteiger partial charge in [-0.2, -0.15) is 0 Å². The van der Waals surface area contributed by atoms with E-state index >= 15 is 0 Å². The molecule has 0 amide bonds. The van der Waals surface area contributed by atoms with E-state index < -0.39 is 0 Å². The molecule has 1 aliphatic rings. The van der Waals surface area contributed by atoms with Gasteiger partial charge in [0.25, 0.3) is 0 Å². The van der Waals surface area contributed by atoms with Crippen molar-refractivity contribution in [1.29, 1.82) is 0 Å². The van der Waals surface area contributed by atoms with Crippen LogP contribution in [0.4, 0.5) is 0 Å². The Morgan fingerprint density at radius 3 is 2.65 bits per heavy atom. The van der Waals surface area contributed by atoms with Crippen LogP contribution in [0.3, 0.4) is 0 Å². The third-order valence-electron chi connectivity index (χ3n) is 4.81. The highest BCUT2D eigenvalue weighted by Gasteiger charge is 2.36. The van der Waals surface area contributed by atoms with E-state index in [4.69, 9.17) is 14.2 Å². The number of ether oxygens (including phenoxy) is 3. The van der Waals surface area contributed by atoms with Crippen molar-refractivity contribution < 1.29 is 19.3 Å². The molecule has 1 aliphatic heterocycles. The van der Waals surface area contributed by atoms with Gasteiger partial charge in [-0.3, -0.25) is 0 Å². The molecule has 3 rings (SSSR count). The Labute approximate surface area is 163 Å². The van der Waals surface area contributed by atoms with E-state index in [-0.39, 0.29) is 30.8 Å². The number of halogens is 1. The Hall–Kier alpha value is -1.40. The molecule has 5 heteroatoms. The summed E-state index contributed by atoms with van der Waals surface area (Å²) >= 11 is 3.57. The quantitative estimate of drug-likeness (QED) is 0.746.